The highest BCUT2D eigenvalue weighted by atomic mass is 35.8. The van der Waals surface area contributed by atoms with Gasteiger partial charge in [-0.25, -0.2) is 0 Å². The van der Waals surface area contributed by atoms with E-state index in [0.29, 0.717) is 0 Å². The topological polar surface area (TPSA) is 26.0 Å². The smallest absolute Gasteiger partial charge is 0.327 e. The van der Waals surface area contributed by atoms with Crippen LogP contribution >= 0.6 is 33.2 Å². The molecule has 0 radical (unpaired) electrons. The summed E-state index contributed by atoms with van der Waals surface area (Å²) < 4.78 is 0. The summed E-state index contributed by atoms with van der Waals surface area (Å²) in [5.74, 6) is 0. The quantitative estimate of drug-likeness (QED) is 0.557. The van der Waals surface area contributed by atoms with Gasteiger partial charge in [0.2, 0.25) is 0 Å². The average Bonchev–Trinajstić information content (AvgIpc) is 1.64. The zero-order valence-electron chi connectivity index (χ0n) is 5.20. The molecule has 1 nitrogen and oxygen atoms in total. The Hall–Kier alpha value is 1.05. The minimum atomic E-state index is -2.59. The van der Waals surface area contributed by atoms with Crippen LogP contribution in [0.25, 0.3) is 0 Å². The molecule has 0 aromatic rings. The Morgan fingerprint density at radius 1 is 1.44 bits per heavy atom. The van der Waals surface area contributed by atoms with Gasteiger partial charge in [-0.3, -0.25) is 0 Å². The van der Waals surface area contributed by atoms with E-state index >= 15 is 0 Å². The molecule has 0 heterocycles. The second kappa shape index (κ2) is 4.04. The Bertz CT molecular complexity index is 82.4. The average molecular weight is 207 g/mol. The zero-order valence-corrected chi connectivity index (χ0v) is 8.47. The molecule has 9 heavy (non-hydrogen) atoms. The van der Waals surface area contributed by atoms with Gasteiger partial charge < -0.3 is 5.73 Å². The Balaban J connectivity index is 3.59. The first kappa shape index (κ1) is 10.0. The number of halogens is 3. The summed E-state index contributed by atoms with van der Waals surface area (Å²) in [6, 6.07) is -2.59. The lowest BCUT2D eigenvalue weighted by molar-refractivity contribution is 0.749. The minimum Gasteiger partial charge on any atom is -0.327 e. The second-order valence-electron chi connectivity index (χ2n) is 1.94. The molecule has 0 bridgehead atoms. The molecule has 0 spiro atoms. The fourth-order valence-electron chi connectivity index (χ4n) is 0.475. The van der Waals surface area contributed by atoms with Crippen LogP contribution in [-0.4, -0.2) is 11.7 Å². The molecule has 0 saturated heterocycles. The van der Waals surface area contributed by atoms with Crippen molar-refractivity contribution in [1.82, 2.24) is 0 Å². The number of nitrogens with two attached hydrogens (primary N) is 1. The van der Waals surface area contributed by atoms with E-state index < -0.39 is 6.00 Å². The molecule has 1 atom stereocenters. The van der Waals surface area contributed by atoms with Gasteiger partial charge in [-0.2, -0.15) is 0 Å². The highest BCUT2D eigenvalue weighted by Gasteiger charge is 2.32. The van der Waals surface area contributed by atoms with Gasteiger partial charge in [0.05, 0.1) is 0 Å². The summed E-state index contributed by atoms with van der Waals surface area (Å²) in [6.45, 7) is 2.02. The van der Waals surface area contributed by atoms with Crippen LogP contribution in [0.2, 0.25) is 0 Å². The molecular weight excluding hydrogens is 196 g/mol. The predicted molar refractivity (Wildman–Crippen MR) is 46.2 cm³/mol. The van der Waals surface area contributed by atoms with E-state index in [9.17, 15) is 0 Å². The lowest BCUT2D eigenvalue weighted by Crippen LogP contribution is -2.39. The van der Waals surface area contributed by atoms with Gasteiger partial charge in [0.1, 0.15) is 0 Å². The standard InChI is InChI=1S/C4H10Cl3NSi/c1-2-3-4(8)9(5,6)7/h4H,2-3,8H2,1H3. The summed E-state index contributed by atoms with van der Waals surface area (Å²) in [4.78, 5) is 0. The Labute approximate surface area is 70.6 Å². The minimum absolute atomic E-state index is 0.201. The first-order valence-electron chi connectivity index (χ1n) is 2.80. The van der Waals surface area contributed by atoms with Gasteiger partial charge in [0.25, 0.3) is 0 Å². The summed E-state index contributed by atoms with van der Waals surface area (Å²) in [7, 11) is 0. The zero-order chi connectivity index (χ0) is 7.49. The highest BCUT2D eigenvalue weighted by molar-refractivity contribution is 7.65. The fraction of sp³-hybridized carbons (Fsp3) is 1.00. The Kier molecular flexibility index (Phi) is 4.51. The molecule has 0 aliphatic carbocycles. The monoisotopic (exact) mass is 205 g/mol. The maximum atomic E-state index is 5.61. The highest BCUT2D eigenvalue weighted by Crippen LogP contribution is 2.24. The summed E-state index contributed by atoms with van der Waals surface area (Å²) in [5.41, 5.74) is 5.33. The van der Waals surface area contributed by atoms with Crippen LogP contribution in [0.15, 0.2) is 0 Å². The maximum Gasteiger partial charge on any atom is 0.357 e. The van der Waals surface area contributed by atoms with Crippen molar-refractivity contribution in [2.24, 2.45) is 5.73 Å². The van der Waals surface area contributed by atoms with E-state index in [1.165, 1.54) is 0 Å². The third-order valence-corrected chi connectivity index (χ3v) is 4.67. The molecule has 0 amide bonds. The molecule has 2 N–H and O–H groups in total. The summed E-state index contributed by atoms with van der Waals surface area (Å²) in [5, 5.41) is 0. The van der Waals surface area contributed by atoms with Crippen molar-refractivity contribution in [3.05, 3.63) is 0 Å². The molecule has 0 rings (SSSR count). The molecule has 0 fully saturated rings. The molecular formula is C4H10Cl3NSi. The number of rotatable bonds is 3. The molecule has 0 saturated carbocycles. The van der Waals surface area contributed by atoms with Crippen LogP contribution in [0.5, 0.6) is 0 Å². The van der Waals surface area contributed by atoms with Crippen molar-refractivity contribution >= 4 is 39.2 Å². The van der Waals surface area contributed by atoms with Gasteiger partial charge in [-0.05, 0) is 6.42 Å². The molecule has 5 heteroatoms. The van der Waals surface area contributed by atoms with Crippen molar-refractivity contribution in [3.63, 3.8) is 0 Å². The van der Waals surface area contributed by atoms with E-state index in [1.807, 2.05) is 6.92 Å². The molecule has 0 aromatic heterocycles. The van der Waals surface area contributed by atoms with Crippen molar-refractivity contribution in [2.75, 3.05) is 0 Å². The normalized spacial score (nSPS) is 15.7. The SMILES string of the molecule is CCCC(N)[Si](Cl)(Cl)Cl. The van der Waals surface area contributed by atoms with E-state index in [1.54, 1.807) is 0 Å². The third kappa shape index (κ3) is 4.45. The predicted octanol–water partition coefficient (Wildman–Crippen LogP) is 2.31. The van der Waals surface area contributed by atoms with Crippen molar-refractivity contribution in [1.29, 1.82) is 0 Å². The molecule has 0 aliphatic heterocycles. The van der Waals surface area contributed by atoms with Crippen LogP contribution in [0.3, 0.4) is 0 Å². The van der Waals surface area contributed by atoms with E-state index in [4.69, 9.17) is 39.0 Å². The lowest BCUT2D eigenvalue weighted by atomic mass is 10.3. The largest absolute Gasteiger partial charge is 0.357 e. The van der Waals surface area contributed by atoms with Gasteiger partial charge in [0, 0.05) is 5.67 Å². The third-order valence-electron chi connectivity index (χ3n) is 1.02. The van der Waals surface area contributed by atoms with E-state index in [0.717, 1.165) is 12.8 Å². The Morgan fingerprint density at radius 3 is 2.00 bits per heavy atom. The van der Waals surface area contributed by atoms with Gasteiger partial charge >= 0.3 is 6.00 Å². The Morgan fingerprint density at radius 2 is 1.89 bits per heavy atom. The maximum absolute atomic E-state index is 5.61. The van der Waals surface area contributed by atoms with Crippen LogP contribution < -0.4 is 5.73 Å². The van der Waals surface area contributed by atoms with E-state index in [2.05, 4.69) is 0 Å². The summed E-state index contributed by atoms with van der Waals surface area (Å²) >= 11 is 16.8. The molecule has 0 aromatic carbocycles. The number of hydrogen-bond acceptors (Lipinski definition) is 1. The summed E-state index contributed by atoms with van der Waals surface area (Å²) in [6.07, 6.45) is 1.78. The molecule has 0 aliphatic rings. The van der Waals surface area contributed by atoms with Gasteiger partial charge in [-0.15, -0.1) is 33.2 Å². The van der Waals surface area contributed by atoms with Crippen molar-refractivity contribution in [3.8, 4) is 0 Å². The van der Waals surface area contributed by atoms with Crippen molar-refractivity contribution in [2.45, 2.75) is 25.4 Å². The van der Waals surface area contributed by atoms with Crippen LogP contribution in [0, 0.1) is 0 Å². The van der Waals surface area contributed by atoms with Crippen LogP contribution in [-0.2, 0) is 0 Å². The second-order valence-corrected chi connectivity index (χ2v) is 10.9. The molecule has 1 unspecified atom stereocenters. The van der Waals surface area contributed by atoms with Crippen LogP contribution in [0.4, 0.5) is 0 Å². The van der Waals surface area contributed by atoms with Gasteiger partial charge in [0.15, 0.2) is 0 Å². The fourth-order valence-corrected chi connectivity index (χ4v) is 2.07. The van der Waals surface area contributed by atoms with E-state index in [-0.39, 0.29) is 5.67 Å². The first-order chi connectivity index (χ1) is 3.98. The van der Waals surface area contributed by atoms with Crippen molar-refractivity contribution < 1.29 is 0 Å². The van der Waals surface area contributed by atoms with Crippen LogP contribution in [0.1, 0.15) is 19.8 Å². The number of hydrogen-bond donors (Lipinski definition) is 1. The van der Waals surface area contributed by atoms with Gasteiger partial charge in [-0.1, -0.05) is 13.3 Å². The molecule has 56 valence electrons. The first-order valence-corrected chi connectivity index (χ1v) is 7.92. The lowest BCUT2D eigenvalue weighted by Gasteiger charge is -2.15.